The Hall–Kier alpha value is -0.770. The van der Waals surface area contributed by atoms with Gasteiger partial charge in [-0.05, 0) is 31.0 Å². The maximum Gasteiger partial charge on any atom is 0.390 e. The van der Waals surface area contributed by atoms with E-state index in [0.717, 1.165) is 5.56 Å². The Morgan fingerprint density at radius 2 is 1.96 bits per heavy atom. The van der Waals surface area contributed by atoms with Crippen LogP contribution in [0.15, 0.2) is 23.2 Å². The number of rotatable bonds is 6. The molecule has 0 aromatic heterocycles. The Bertz CT molecular complexity index is 509. The second-order valence-corrected chi connectivity index (χ2v) is 4.95. The fourth-order valence-corrected chi connectivity index (χ4v) is 1.94. The van der Waals surface area contributed by atoms with Gasteiger partial charge in [0.1, 0.15) is 5.82 Å². The van der Waals surface area contributed by atoms with Crippen molar-refractivity contribution in [1.82, 2.24) is 10.6 Å². The summed E-state index contributed by atoms with van der Waals surface area (Å²) in [6.07, 6.45) is -4.68. The molecule has 132 valence electrons. The van der Waals surface area contributed by atoms with Crippen LogP contribution in [0.5, 0.6) is 0 Å². The van der Waals surface area contributed by atoms with Crippen molar-refractivity contribution in [3.63, 3.8) is 0 Å². The summed E-state index contributed by atoms with van der Waals surface area (Å²) >= 11 is 5.90. The molecule has 0 aliphatic carbocycles. The summed E-state index contributed by atoms with van der Waals surface area (Å²) in [6, 6.07) is 4.11. The monoisotopic (exact) mass is 467 g/mol. The van der Waals surface area contributed by atoms with Gasteiger partial charge in [0.15, 0.2) is 5.96 Å². The van der Waals surface area contributed by atoms with E-state index in [1.807, 2.05) is 6.92 Å². The predicted molar refractivity (Wildman–Crippen MR) is 95.2 cm³/mol. The molecular formula is C14H19ClF4IN3. The van der Waals surface area contributed by atoms with Gasteiger partial charge in [-0.15, -0.1) is 24.0 Å². The topological polar surface area (TPSA) is 36.4 Å². The number of benzene rings is 1. The van der Waals surface area contributed by atoms with Gasteiger partial charge in [0.25, 0.3) is 0 Å². The number of halogens is 6. The fraction of sp³-hybridized carbons (Fsp3) is 0.500. The zero-order valence-electron chi connectivity index (χ0n) is 12.5. The Labute approximate surface area is 154 Å². The highest BCUT2D eigenvalue weighted by atomic mass is 127. The van der Waals surface area contributed by atoms with E-state index in [1.165, 1.54) is 12.1 Å². The van der Waals surface area contributed by atoms with Gasteiger partial charge in [0, 0.05) is 18.1 Å². The van der Waals surface area contributed by atoms with Crippen molar-refractivity contribution in [2.45, 2.75) is 25.9 Å². The van der Waals surface area contributed by atoms with Crippen molar-refractivity contribution in [2.75, 3.05) is 19.6 Å². The van der Waals surface area contributed by atoms with Crippen LogP contribution in [-0.2, 0) is 6.42 Å². The first-order valence-electron chi connectivity index (χ1n) is 6.84. The summed E-state index contributed by atoms with van der Waals surface area (Å²) in [4.78, 5) is 3.85. The van der Waals surface area contributed by atoms with Crippen LogP contribution in [-0.4, -0.2) is 31.8 Å². The molecule has 0 unspecified atom stereocenters. The van der Waals surface area contributed by atoms with Crippen molar-refractivity contribution in [1.29, 1.82) is 0 Å². The van der Waals surface area contributed by atoms with Crippen LogP contribution in [0.2, 0.25) is 5.02 Å². The Kier molecular flexibility index (Phi) is 10.5. The number of alkyl halides is 3. The lowest BCUT2D eigenvalue weighted by molar-refractivity contribution is -0.132. The molecule has 0 atom stereocenters. The van der Waals surface area contributed by atoms with Crippen molar-refractivity contribution in [2.24, 2.45) is 4.99 Å². The molecule has 3 nitrogen and oxygen atoms in total. The van der Waals surface area contributed by atoms with E-state index in [2.05, 4.69) is 15.6 Å². The van der Waals surface area contributed by atoms with Gasteiger partial charge in [-0.3, -0.25) is 4.99 Å². The molecule has 0 fully saturated rings. The van der Waals surface area contributed by atoms with Crippen LogP contribution in [0.3, 0.4) is 0 Å². The lowest BCUT2D eigenvalue weighted by Crippen LogP contribution is -2.38. The molecule has 0 heterocycles. The number of hydrogen-bond acceptors (Lipinski definition) is 1. The van der Waals surface area contributed by atoms with E-state index in [4.69, 9.17) is 11.6 Å². The summed E-state index contributed by atoms with van der Waals surface area (Å²) in [5.41, 5.74) is 0.752. The van der Waals surface area contributed by atoms with Gasteiger partial charge in [0.05, 0.1) is 13.0 Å². The zero-order chi connectivity index (χ0) is 16.6. The predicted octanol–water partition coefficient (Wildman–Crippen LogP) is 4.15. The number of hydrogen-bond donors (Lipinski definition) is 2. The van der Waals surface area contributed by atoms with Crippen LogP contribution < -0.4 is 10.6 Å². The number of nitrogens with zero attached hydrogens (tertiary/aromatic N) is 1. The molecule has 0 saturated heterocycles. The summed E-state index contributed by atoms with van der Waals surface area (Å²) in [5.74, 6) is -0.103. The maximum atomic E-state index is 12.9. The van der Waals surface area contributed by atoms with E-state index in [0.29, 0.717) is 30.5 Å². The maximum absolute atomic E-state index is 12.9. The molecular weight excluding hydrogens is 449 g/mol. The van der Waals surface area contributed by atoms with E-state index in [-0.39, 0.29) is 30.5 Å². The van der Waals surface area contributed by atoms with Crippen LogP contribution in [0.4, 0.5) is 17.6 Å². The fourth-order valence-electron chi connectivity index (χ4n) is 1.68. The third-order valence-corrected chi connectivity index (χ3v) is 3.06. The molecule has 0 bridgehead atoms. The minimum absolute atomic E-state index is 0. The normalized spacial score (nSPS) is 11.8. The first-order valence-corrected chi connectivity index (χ1v) is 7.22. The van der Waals surface area contributed by atoms with Gasteiger partial charge in [-0.2, -0.15) is 13.2 Å². The largest absolute Gasteiger partial charge is 0.390 e. The number of aliphatic imine (C=N–C) groups is 1. The molecule has 0 aliphatic rings. The van der Waals surface area contributed by atoms with Crippen molar-refractivity contribution >= 4 is 41.5 Å². The smallest absolute Gasteiger partial charge is 0.357 e. The summed E-state index contributed by atoms with van der Waals surface area (Å²) in [6.45, 7) is 2.44. The Balaban J connectivity index is 0.00000484. The van der Waals surface area contributed by atoms with Crippen molar-refractivity contribution < 1.29 is 17.6 Å². The standard InChI is InChI=1S/C14H18ClF4N3.HI/c1-2-20-13(22-8-6-14(17,18)19)21-7-5-10-3-4-11(16)9-12(10)15;/h3-4,9H,2,5-8H2,1H3,(H2,20,21,22);1H. The van der Waals surface area contributed by atoms with Gasteiger partial charge >= 0.3 is 6.18 Å². The van der Waals surface area contributed by atoms with Crippen LogP contribution in [0.1, 0.15) is 18.9 Å². The highest BCUT2D eigenvalue weighted by molar-refractivity contribution is 14.0. The quantitative estimate of drug-likeness (QED) is 0.285. The molecule has 0 saturated carbocycles. The third kappa shape index (κ3) is 9.85. The van der Waals surface area contributed by atoms with Crippen LogP contribution in [0, 0.1) is 5.82 Å². The SMILES string of the molecule is CCNC(=NCCC(F)(F)F)NCCc1ccc(F)cc1Cl.I. The zero-order valence-corrected chi connectivity index (χ0v) is 15.6. The first kappa shape index (κ1) is 22.2. The molecule has 0 spiro atoms. The summed E-state index contributed by atoms with van der Waals surface area (Å²) in [7, 11) is 0. The van der Waals surface area contributed by atoms with Gasteiger partial charge in [0.2, 0.25) is 0 Å². The van der Waals surface area contributed by atoms with E-state index < -0.39 is 18.4 Å². The molecule has 1 aromatic rings. The molecule has 9 heteroatoms. The number of guanidine groups is 1. The molecule has 2 N–H and O–H groups in total. The molecule has 0 aliphatic heterocycles. The molecule has 1 aromatic carbocycles. The number of nitrogens with one attached hydrogen (secondary N) is 2. The summed E-state index contributed by atoms with van der Waals surface area (Å²) < 4.78 is 49.2. The third-order valence-electron chi connectivity index (χ3n) is 2.71. The summed E-state index contributed by atoms with van der Waals surface area (Å²) in [5, 5.41) is 6.09. The Morgan fingerprint density at radius 1 is 1.26 bits per heavy atom. The van der Waals surface area contributed by atoms with Gasteiger partial charge in [-0.1, -0.05) is 17.7 Å². The average Bonchev–Trinajstić information content (AvgIpc) is 2.40. The van der Waals surface area contributed by atoms with Gasteiger partial charge < -0.3 is 10.6 Å². The minimum Gasteiger partial charge on any atom is -0.357 e. The van der Waals surface area contributed by atoms with E-state index >= 15 is 0 Å². The lowest BCUT2D eigenvalue weighted by Gasteiger charge is -2.12. The van der Waals surface area contributed by atoms with Gasteiger partial charge in [-0.25, -0.2) is 4.39 Å². The van der Waals surface area contributed by atoms with Crippen molar-refractivity contribution in [3.05, 3.63) is 34.6 Å². The first-order chi connectivity index (χ1) is 10.3. The molecule has 23 heavy (non-hydrogen) atoms. The average molecular weight is 468 g/mol. The second-order valence-electron chi connectivity index (χ2n) is 4.54. The highest BCUT2D eigenvalue weighted by Crippen LogP contribution is 2.19. The van der Waals surface area contributed by atoms with Crippen molar-refractivity contribution in [3.8, 4) is 0 Å². The highest BCUT2D eigenvalue weighted by Gasteiger charge is 2.26. The second kappa shape index (κ2) is 10.9. The van der Waals surface area contributed by atoms with E-state index in [1.54, 1.807) is 6.07 Å². The lowest BCUT2D eigenvalue weighted by atomic mass is 10.1. The molecule has 0 radical (unpaired) electrons. The van der Waals surface area contributed by atoms with Crippen LogP contribution >= 0.6 is 35.6 Å². The minimum atomic E-state index is -4.22. The molecule has 1 rings (SSSR count). The molecule has 0 amide bonds. The Morgan fingerprint density at radius 3 is 2.52 bits per heavy atom. The van der Waals surface area contributed by atoms with E-state index in [9.17, 15) is 17.6 Å². The van der Waals surface area contributed by atoms with Crippen LogP contribution in [0.25, 0.3) is 0 Å².